The average molecular weight is 357 g/mol. The van der Waals surface area contributed by atoms with Crippen LogP contribution in [-0.4, -0.2) is 32.7 Å². The van der Waals surface area contributed by atoms with Gasteiger partial charge in [-0.2, -0.15) is 5.10 Å². The van der Waals surface area contributed by atoms with Gasteiger partial charge in [0.2, 0.25) is 0 Å². The molecule has 134 valence electrons. The number of nitrogens with zero attached hydrogens (tertiary/aromatic N) is 5. The molecule has 0 aliphatic rings. The first-order valence-corrected chi connectivity index (χ1v) is 8.63. The van der Waals surface area contributed by atoms with Crippen LogP contribution in [0.15, 0.2) is 60.9 Å². The maximum absolute atomic E-state index is 12.6. The molecule has 6 heteroatoms. The van der Waals surface area contributed by atoms with Gasteiger partial charge in [0.05, 0.1) is 5.52 Å². The van der Waals surface area contributed by atoms with Crippen LogP contribution in [0.5, 0.6) is 0 Å². The van der Waals surface area contributed by atoms with Gasteiger partial charge in [0.1, 0.15) is 5.69 Å². The number of hydrogen-bond donors (Lipinski definition) is 0. The minimum atomic E-state index is -0.111. The fourth-order valence-electron chi connectivity index (χ4n) is 3.00. The summed E-state index contributed by atoms with van der Waals surface area (Å²) in [5.74, 6) is 0.554. The Kier molecular flexibility index (Phi) is 4.16. The summed E-state index contributed by atoms with van der Waals surface area (Å²) in [6, 6.07) is 15.5. The summed E-state index contributed by atoms with van der Waals surface area (Å²) in [6.07, 6.45) is 3.46. The Morgan fingerprint density at radius 2 is 1.85 bits per heavy atom. The van der Waals surface area contributed by atoms with Crippen molar-refractivity contribution in [3.63, 3.8) is 0 Å². The highest BCUT2D eigenvalue weighted by Gasteiger charge is 2.16. The number of benzene rings is 2. The molecule has 0 unspecified atom stereocenters. The standard InChI is InChI=1S/C21H19N5O/c1-14-4-9-18-16(12-14)13-22-20(24-18)15-5-7-17(8-6-15)25(2)21(27)19-10-11-23-26(19)3/h4-13H,1-3H3. The molecule has 2 heterocycles. The van der Waals surface area contributed by atoms with E-state index in [4.69, 9.17) is 0 Å². The van der Waals surface area contributed by atoms with E-state index in [1.165, 1.54) is 5.56 Å². The van der Waals surface area contributed by atoms with Gasteiger partial charge in [-0.05, 0) is 49.4 Å². The van der Waals surface area contributed by atoms with Gasteiger partial charge in [-0.1, -0.05) is 11.6 Å². The number of hydrogen-bond acceptors (Lipinski definition) is 4. The van der Waals surface area contributed by atoms with Crippen molar-refractivity contribution < 1.29 is 4.79 Å². The molecule has 2 aromatic heterocycles. The molecule has 0 aliphatic heterocycles. The first-order valence-electron chi connectivity index (χ1n) is 8.63. The van der Waals surface area contributed by atoms with Gasteiger partial charge in [0, 0.05) is 43.1 Å². The minimum Gasteiger partial charge on any atom is -0.310 e. The van der Waals surface area contributed by atoms with Crippen LogP contribution in [0.25, 0.3) is 22.3 Å². The predicted molar refractivity (Wildman–Crippen MR) is 106 cm³/mol. The van der Waals surface area contributed by atoms with E-state index in [1.54, 1.807) is 35.9 Å². The third kappa shape index (κ3) is 3.17. The molecule has 6 nitrogen and oxygen atoms in total. The zero-order valence-corrected chi connectivity index (χ0v) is 15.4. The molecule has 0 saturated heterocycles. The summed E-state index contributed by atoms with van der Waals surface area (Å²) in [4.78, 5) is 23.3. The van der Waals surface area contributed by atoms with Crippen molar-refractivity contribution in [2.45, 2.75) is 6.92 Å². The summed E-state index contributed by atoms with van der Waals surface area (Å²) in [5.41, 5.74) is 4.33. The van der Waals surface area contributed by atoms with Crippen LogP contribution >= 0.6 is 0 Å². The number of carbonyl (C=O) groups is 1. The summed E-state index contributed by atoms with van der Waals surface area (Å²) < 4.78 is 1.57. The van der Waals surface area contributed by atoms with E-state index in [1.807, 2.05) is 42.6 Å². The van der Waals surface area contributed by atoms with Gasteiger partial charge in [0.15, 0.2) is 5.82 Å². The molecule has 0 radical (unpaired) electrons. The molecule has 4 aromatic rings. The van der Waals surface area contributed by atoms with Crippen LogP contribution < -0.4 is 4.90 Å². The lowest BCUT2D eigenvalue weighted by Gasteiger charge is -2.17. The highest BCUT2D eigenvalue weighted by atomic mass is 16.2. The number of amides is 1. The second kappa shape index (κ2) is 6.64. The van der Waals surface area contributed by atoms with E-state index < -0.39 is 0 Å². The Labute approximate surface area is 157 Å². The van der Waals surface area contributed by atoms with Gasteiger partial charge in [0.25, 0.3) is 5.91 Å². The molecule has 0 atom stereocenters. The Balaban J connectivity index is 1.61. The normalized spacial score (nSPS) is 10.9. The van der Waals surface area contributed by atoms with E-state index in [0.717, 1.165) is 22.2 Å². The van der Waals surface area contributed by atoms with Crippen molar-refractivity contribution in [2.75, 3.05) is 11.9 Å². The Morgan fingerprint density at radius 1 is 1.07 bits per heavy atom. The average Bonchev–Trinajstić information content (AvgIpc) is 3.12. The summed E-state index contributed by atoms with van der Waals surface area (Å²) in [5, 5.41) is 5.08. The van der Waals surface area contributed by atoms with Crippen LogP contribution in [-0.2, 0) is 7.05 Å². The summed E-state index contributed by atoms with van der Waals surface area (Å²) in [6.45, 7) is 2.05. The fourth-order valence-corrected chi connectivity index (χ4v) is 3.00. The first-order chi connectivity index (χ1) is 13.0. The third-order valence-corrected chi connectivity index (χ3v) is 4.59. The highest BCUT2D eigenvalue weighted by molar-refractivity contribution is 6.04. The van der Waals surface area contributed by atoms with Gasteiger partial charge in [-0.15, -0.1) is 0 Å². The number of carbonyl (C=O) groups excluding carboxylic acids is 1. The van der Waals surface area contributed by atoms with Gasteiger partial charge >= 0.3 is 0 Å². The summed E-state index contributed by atoms with van der Waals surface area (Å²) in [7, 11) is 3.50. The molecular formula is C21H19N5O. The van der Waals surface area contributed by atoms with Crippen molar-refractivity contribution in [2.24, 2.45) is 7.05 Å². The van der Waals surface area contributed by atoms with Crippen molar-refractivity contribution >= 4 is 22.5 Å². The fraction of sp³-hybridized carbons (Fsp3) is 0.143. The van der Waals surface area contributed by atoms with Gasteiger partial charge < -0.3 is 4.90 Å². The monoisotopic (exact) mass is 357 g/mol. The van der Waals surface area contributed by atoms with Crippen LogP contribution in [0.1, 0.15) is 16.1 Å². The molecule has 0 spiro atoms. The van der Waals surface area contributed by atoms with Crippen molar-refractivity contribution in [1.29, 1.82) is 0 Å². The molecule has 2 aromatic carbocycles. The zero-order valence-electron chi connectivity index (χ0n) is 15.4. The van der Waals surface area contributed by atoms with Crippen molar-refractivity contribution in [3.05, 3.63) is 72.2 Å². The van der Waals surface area contributed by atoms with E-state index >= 15 is 0 Å². The predicted octanol–water partition coefficient (Wildman–Crippen LogP) is 3.62. The lowest BCUT2D eigenvalue weighted by Crippen LogP contribution is -2.28. The molecule has 1 amide bonds. The lowest BCUT2D eigenvalue weighted by molar-refractivity contribution is 0.0984. The lowest BCUT2D eigenvalue weighted by atomic mass is 10.1. The number of fused-ring (bicyclic) bond motifs is 1. The topological polar surface area (TPSA) is 63.9 Å². The smallest absolute Gasteiger partial charge is 0.276 e. The molecule has 0 saturated carbocycles. The number of anilines is 1. The van der Waals surface area contributed by atoms with E-state index in [9.17, 15) is 4.79 Å². The first kappa shape index (κ1) is 16.9. The third-order valence-electron chi connectivity index (χ3n) is 4.59. The van der Waals surface area contributed by atoms with E-state index in [0.29, 0.717) is 11.5 Å². The molecule has 0 fully saturated rings. The van der Waals surface area contributed by atoms with Crippen molar-refractivity contribution in [3.8, 4) is 11.4 Å². The number of aromatic nitrogens is 4. The van der Waals surface area contributed by atoms with Crippen LogP contribution in [0.4, 0.5) is 5.69 Å². The highest BCUT2D eigenvalue weighted by Crippen LogP contribution is 2.23. The van der Waals surface area contributed by atoms with Gasteiger partial charge in [-0.3, -0.25) is 9.48 Å². The second-order valence-electron chi connectivity index (χ2n) is 6.51. The van der Waals surface area contributed by atoms with Gasteiger partial charge in [-0.25, -0.2) is 9.97 Å². The molecule has 0 bridgehead atoms. The second-order valence-corrected chi connectivity index (χ2v) is 6.51. The maximum Gasteiger partial charge on any atom is 0.276 e. The Hall–Kier alpha value is -3.54. The van der Waals surface area contributed by atoms with Crippen LogP contribution in [0, 0.1) is 6.92 Å². The quantitative estimate of drug-likeness (QED) is 0.562. The van der Waals surface area contributed by atoms with E-state index in [-0.39, 0.29) is 5.91 Å². The van der Waals surface area contributed by atoms with E-state index in [2.05, 4.69) is 28.1 Å². The molecule has 27 heavy (non-hydrogen) atoms. The van der Waals surface area contributed by atoms with Crippen LogP contribution in [0.3, 0.4) is 0 Å². The molecule has 4 rings (SSSR count). The number of aryl methyl sites for hydroxylation is 2. The number of rotatable bonds is 3. The molecule has 0 N–H and O–H groups in total. The largest absolute Gasteiger partial charge is 0.310 e. The summed E-state index contributed by atoms with van der Waals surface area (Å²) >= 11 is 0. The van der Waals surface area contributed by atoms with Crippen molar-refractivity contribution in [1.82, 2.24) is 19.7 Å². The maximum atomic E-state index is 12.6. The van der Waals surface area contributed by atoms with Crippen LogP contribution in [0.2, 0.25) is 0 Å². The molecule has 0 aliphatic carbocycles. The zero-order chi connectivity index (χ0) is 19.0. The SMILES string of the molecule is Cc1ccc2nc(-c3ccc(N(C)C(=O)c4ccnn4C)cc3)ncc2c1. The Morgan fingerprint density at radius 3 is 2.56 bits per heavy atom. The minimum absolute atomic E-state index is 0.111. The molecular weight excluding hydrogens is 338 g/mol. The Bertz CT molecular complexity index is 1130.